The number of fused-ring (bicyclic) bond motifs is 1. The van der Waals surface area contributed by atoms with Crippen molar-refractivity contribution in [3.05, 3.63) is 22.1 Å². The Morgan fingerprint density at radius 1 is 1.69 bits per heavy atom. The first-order chi connectivity index (χ1) is 6.15. The zero-order valence-corrected chi connectivity index (χ0v) is 8.80. The highest BCUT2D eigenvalue weighted by Crippen LogP contribution is 2.41. The quantitative estimate of drug-likeness (QED) is 0.831. The van der Waals surface area contributed by atoms with E-state index in [2.05, 4.69) is 15.9 Å². The molecule has 0 spiro atoms. The molecule has 1 aromatic rings. The summed E-state index contributed by atoms with van der Waals surface area (Å²) in [7, 11) is 0. The van der Waals surface area contributed by atoms with E-state index in [-0.39, 0.29) is 0 Å². The number of nitrogens with two attached hydrogens (primary N) is 1. The minimum Gasteiger partial charge on any atom is -0.451 e. The predicted octanol–water partition coefficient (Wildman–Crippen LogP) is 1.52. The van der Waals surface area contributed by atoms with E-state index < -0.39 is 5.60 Å². The fourth-order valence-electron chi connectivity index (χ4n) is 1.91. The molecule has 1 aromatic heterocycles. The van der Waals surface area contributed by atoms with Gasteiger partial charge in [-0.1, -0.05) is 0 Å². The van der Waals surface area contributed by atoms with Gasteiger partial charge in [-0.3, -0.25) is 0 Å². The van der Waals surface area contributed by atoms with Gasteiger partial charge in [0, 0.05) is 0 Å². The van der Waals surface area contributed by atoms with Crippen LogP contribution in [0, 0.1) is 0 Å². The van der Waals surface area contributed by atoms with Crippen molar-refractivity contribution in [3.8, 4) is 0 Å². The molecule has 0 amide bonds. The third-order valence-electron chi connectivity index (χ3n) is 2.57. The molecule has 0 bridgehead atoms. The molecule has 0 fully saturated rings. The Bertz CT molecular complexity index is 323. The molecule has 3 nitrogen and oxygen atoms in total. The number of hydrogen-bond acceptors (Lipinski definition) is 3. The monoisotopic (exact) mass is 245 g/mol. The molecule has 0 saturated heterocycles. The highest BCUT2D eigenvalue weighted by atomic mass is 79.9. The maximum absolute atomic E-state index is 10.2. The summed E-state index contributed by atoms with van der Waals surface area (Å²) in [5.74, 6) is 0.699. The van der Waals surface area contributed by atoms with Gasteiger partial charge in [0.15, 0.2) is 4.67 Å². The largest absolute Gasteiger partial charge is 0.451 e. The van der Waals surface area contributed by atoms with Crippen molar-refractivity contribution in [2.75, 3.05) is 6.54 Å². The van der Waals surface area contributed by atoms with Gasteiger partial charge in [-0.25, -0.2) is 0 Å². The van der Waals surface area contributed by atoms with Crippen LogP contribution in [0.15, 0.2) is 15.2 Å². The summed E-state index contributed by atoms with van der Waals surface area (Å²) < 4.78 is 6.09. The molecule has 1 unspecified atom stereocenters. The first kappa shape index (κ1) is 9.24. The van der Waals surface area contributed by atoms with E-state index in [0.717, 1.165) is 18.4 Å². The van der Waals surface area contributed by atoms with E-state index in [1.807, 2.05) is 6.07 Å². The molecule has 0 radical (unpaired) electrons. The molecule has 0 aliphatic heterocycles. The normalized spacial score (nSPS) is 26.4. The van der Waals surface area contributed by atoms with Crippen LogP contribution in [0.5, 0.6) is 0 Å². The topological polar surface area (TPSA) is 59.4 Å². The van der Waals surface area contributed by atoms with Crippen molar-refractivity contribution < 1.29 is 9.52 Å². The standard InChI is InChI=1S/C9H12BrNO2/c10-7-5-6-1-2-9(12,3-4-11)8(6)13-7/h5,12H,1-4,11H2. The number of hydrogen-bond donors (Lipinski definition) is 2. The van der Waals surface area contributed by atoms with Gasteiger partial charge in [0.1, 0.15) is 11.4 Å². The molecule has 4 heteroatoms. The van der Waals surface area contributed by atoms with Gasteiger partial charge in [-0.15, -0.1) is 0 Å². The molecule has 3 N–H and O–H groups in total. The van der Waals surface area contributed by atoms with Gasteiger partial charge >= 0.3 is 0 Å². The smallest absolute Gasteiger partial charge is 0.169 e. The predicted molar refractivity (Wildman–Crippen MR) is 52.3 cm³/mol. The van der Waals surface area contributed by atoms with Crippen LogP contribution < -0.4 is 5.73 Å². The van der Waals surface area contributed by atoms with Crippen LogP contribution in [-0.4, -0.2) is 11.7 Å². The summed E-state index contributed by atoms with van der Waals surface area (Å²) >= 11 is 3.25. The van der Waals surface area contributed by atoms with Gasteiger partial charge in [0.05, 0.1) is 0 Å². The van der Waals surface area contributed by atoms with Crippen LogP contribution in [-0.2, 0) is 12.0 Å². The Labute approximate surface area is 85.0 Å². The minimum absolute atomic E-state index is 0.480. The fraction of sp³-hybridized carbons (Fsp3) is 0.556. The molecule has 1 aliphatic rings. The lowest BCUT2D eigenvalue weighted by molar-refractivity contribution is 0.0109. The highest BCUT2D eigenvalue weighted by molar-refractivity contribution is 9.10. The van der Waals surface area contributed by atoms with E-state index in [9.17, 15) is 5.11 Å². The average molecular weight is 246 g/mol. The maximum Gasteiger partial charge on any atom is 0.169 e. The Balaban J connectivity index is 2.35. The third kappa shape index (κ3) is 1.43. The van der Waals surface area contributed by atoms with Crippen molar-refractivity contribution in [1.82, 2.24) is 0 Å². The molecular weight excluding hydrogens is 234 g/mol. The van der Waals surface area contributed by atoms with E-state index >= 15 is 0 Å². The van der Waals surface area contributed by atoms with Crippen molar-refractivity contribution in [2.45, 2.75) is 24.9 Å². The summed E-state index contributed by atoms with van der Waals surface area (Å²) in [4.78, 5) is 0. The molecule has 0 aromatic carbocycles. The third-order valence-corrected chi connectivity index (χ3v) is 2.96. The molecule has 1 aliphatic carbocycles. The summed E-state index contributed by atoms with van der Waals surface area (Å²) in [6.07, 6.45) is 2.17. The summed E-state index contributed by atoms with van der Waals surface area (Å²) in [5.41, 5.74) is 5.72. The molecule has 2 rings (SSSR count). The number of halogens is 1. The number of furan rings is 1. The summed E-state index contributed by atoms with van der Waals surface area (Å²) in [6.45, 7) is 0.480. The number of aliphatic hydroxyl groups is 1. The zero-order chi connectivity index (χ0) is 9.47. The second kappa shape index (κ2) is 3.12. The van der Waals surface area contributed by atoms with E-state index in [1.165, 1.54) is 0 Å². The Hall–Kier alpha value is -0.320. The molecule has 72 valence electrons. The number of aryl methyl sites for hydroxylation is 1. The molecule has 13 heavy (non-hydrogen) atoms. The van der Waals surface area contributed by atoms with Gasteiger partial charge < -0.3 is 15.3 Å². The molecule has 1 atom stereocenters. The van der Waals surface area contributed by atoms with Crippen LogP contribution in [0.2, 0.25) is 0 Å². The van der Waals surface area contributed by atoms with E-state index in [0.29, 0.717) is 23.4 Å². The van der Waals surface area contributed by atoms with Gasteiger partial charge in [0.25, 0.3) is 0 Å². The lowest BCUT2D eigenvalue weighted by atomic mass is 9.98. The van der Waals surface area contributed by atoms with Crippen LogP contribution in [0.25, 0.3) is 0 Å². The number of rotatable bonds is 2. The van der Waals surface area contributed by atoms with Crippen molar-refractivity contribution in [3.63, 3.8) is 0 Å². The lowest BCUT2D eigenvalue weighted by Gasteiger charge is -2.20. The van der Waals surface area contributed by atoms with Crippen LogP contribution >= 0.6 is 15.9 Å². The first-order valence-corrected chi connectivity index (χ1v) is 5.16. The first-order valence-electron chi connectivity index (χ1n) is 4.37. The minimum atomic E-state index is -0.823. The highest BCUT2D eigenvalue weighted by Gasteiger charge is 2.39. The van der Waals surface area contributed by atoms with Crippen molar-refractivity contribution in [2.24, 2.45) is 5.73 Å². The maximum atomic E-state index is 10.2. The summed E-state index contributed by atoms with van der Waals surface area (Å²) in [6, 6.07) is 1.92. The Kier molecular flexibility index (Phi) is 2.21. The summed E-state index contributed by atoms with van der Waals surface area (Å²) in [5, 5.41) is 10.2. The van der Waals surface area contributed by atoms with Crippen LogP contribution in [0.1, 0.15) is 24.2 Å². The van der Waals surface area contributed by atoms with Crippen LogP contribution in [0.4, 0.5) is 0 Å². The second-order valence-electron chi connectivity index (χ2n) is 3.48. The van der Waals surface area contributed by atoms with E-state index in [1.54, 1.807) is 0 Å². The molecular formula is C9H12BrNO2. The Morgan fingerprint density at radius 3 is 3.15 bits per heavy atom. The SMILES string of the molecule is NCCC1(O)CCc2cc(Br)oc21. The van der Waals surface area contributed by atoms with Crippen LogP contribution in [0.3, 0.4) is 0 Å². The lowest BCUT2D eigenvalue weighted by Crippen LogP contribution is -2.25. The van der Waals surface area contributed by atoms with Crippen molar-refractivity contribution >= 4 is 15.9 Å². The zero-order valence-electron chi connectivity index (χ0n) is 7.22. The Morgan fingerprint density at radius 2 is 2.46 bits per heavy atom. The average Bonchev–Trinajstić information content (AvgIpc) is 2.54. The van der Waals surface area contributed by atoms with Gasteiger partial charge in [0.2, 0.25) is 0 Å². The fourth-order valence-corrected chi connectivity index (χ4v) is 2.35. The van der Waals surface area contributed by atoms with Gasteiger partial charge in [-0.05, 0) is 53.4 Å². The van der Waals surface area contributed by atoms with Gasteiger partial charge in [-0.2, -0.15) is 0 Å². The van der Waals surface area contributed by atoms with E-state index in [4.69, 9.17) is 10.2 Å². The molecule has 0 saturated carbocycles. The molecule has 1 heterocycles. The van der Waals surface area contributed by atoms with Crippen molar-refractivity contribution in [1.29, 1.82) is 0 Å². The second-order valence-corrected chi connectivity index (χ2v) is 4.26.